The predicted octanol–water partition coefficient (Wildman–Crippen LogP) is 4.19. The SMILES string of the molecule is CCCOc1ccc(NC(=O)COc2ccc([N+](=O)[O-])cc2)cc1OCCC. The van der Waals surface area contributed by atoms with Crippen molar-refractivity contribution >= 4 is 17.3 Å². The second kappa shape index (κ2) is 10.8. The van der Waals surface area contributed by atoms with E-state index >= 15 is 0 Å². The molecule has 0 aliphatic carbocycles. The number of nitro benzene ring substituents is 1. The van der Waals surface area contributed by atoms with Crippen LogP contribution in [0.2, 0.25) is 0 Å². The molecule has 0 heterocycles. The van der Waals surface area contributed by atoms with Gasteiger partial charge in [0.15, 0.2) is 18.1 Å². The molecule has 2 aromatic carbocycles. The summed E-state index contributed by atoms with van der Waals surface area (Å²) >= 11 is 0. The van der Waals surface area contributed by atoms with E-state index < -0.39 is 4.92 Å². The van der Waals surface area contributed by atoms with E-state index in [-0.39, 0.29) is 18.2 Å². The Morgan fingerprint density at radius 3 is 2.21 bits per heavy atom. The van der Waals surface area contributed by atoms with Crippen LogP contribution in [0, 0.1) is 10.1 Å². The molecular formula is C20H24N2O6. The number of nitrogens with zero attached hydrogens (tertiary/aromatic N) is 1. The van der Waals surface area contributed by atoms with Gasteiger partial charge in [0.05, 0.1) is 18.1 Å². The molecule has 0 radical (unpaired) electrons. The van der Waals surface area contributed by atoms with E-state index in [0.29, 0.717) is 36.1 Å². The molecule has 2 rings (SSSR count). The molecule has 0 bridgehead atoms. The fourth-order valence-corrected chi connectivity index (χ4v) is 2.25. The van der Waals surface area contributed by atoms with Crippen molar-refractivity contribution in [1.29, 1.82) is 0 Å². The molecule has 2 aromatic rings. The molecule has 0 saturated carbocycles. The van der Waals surface area contributed by atoms with Crippen LogP contribution in [0.5, 0.6) is 17.2 Å². The molecule has 8 heteroatoms. The monoisotopic (exact) mass is 388 g/mol. The predicted molar refractivity (Wildman–Crippen MR) is 105 cm³/mol. The maximum atomic E-state index is 12.1. The average molecular weight is 388 g/mol. The Hall–Kier alpha value is -3.29. The van der Waals surface area contributed by atoms with E-state index in [1.54, 1.807) is 18.2 Å². The number of carbonyl (C=O) groups excluding carboxylic acids is 1. The van der Waals surface area contributed by atoms with Gasteiger partial charge in [-0.2, -0.15) is 0 Å². The second-order valence-electron chi connectivity index (χ2n) is 5.95. The normalized spacial score (nSPS) is 10.2. The molecule has 8 nitrogen and oxygen atoms in total. The smallest absolute Gasteiger partial charge is 0.269 e. The highest BCUT2D eigenvalue weighted by atomic mass is 16.6. The van der Waals surface area contributed by atoms with Crippen LogP contribution in [-0.4, -0.2) is 30.7 Å². The molecule has 0 saturated heterocycles. The minimum atomic E-state index is -0.497. The van der Waals surface area contributed by atoms with Crippen molar-refractivity contribution in [2.24, 2.45) is 0 Å². The Kier molecular flexibility index (Phi) is 8.08. The second-order valence-corrected chi connectivity index (χ2v) is 5.95. The van der Waals surface area contributed by atoms with E-state index in [4.69, 9.17) is 14.2 Å². The number of anilines is 1. The van der Waals surface area contributed by atoms with Gasteiger partial charge in [0, 0.05) is 23.9 Å². The Morgan fingerprint density at radius 1 is 0.964 bits per heavy atom. The van der Waals surface area contributed by atoms with E-state index in [2.05, 4.69) is 5.32 Å². The summed E-state index contributed by atoms with van der Waals surface area (Å²) < 4.78 is 16.7. The van der Waals surface area contributed by atoms with Crippen molar-refractivity contribution < 1.29 is 23.9 Å². The third-order valence-corrected chi connectivity index (χ3v) is 3.57. The highest BCUT2D eigenvalue weighted by Crippen LogP contribution is 2.31. The largest absolute Gasteiger partial charge is 0.490 e. The number of benzene rings is 2. The summed E-state index contributed by atoms with van der Waals surface area (Å²) in [6.45, 7) is 4.93. The lowest BCUT2D eigenvalue weighted by Crippen LogP contribution is -2.20. The minimum absolute atomic E-state index is 0.0400. The maximum absolute atomic E-state index is 12.1. The van der Waals surface area contributed by atoms with Gasteiger partial charge in [-0.3, -0.25) is 14.9 Å². The molecule has 0 unspecified atom stereocenters. The zero-order valence-electron chi connectivity index (χ0n) is 16.0. The summed E-state index contributed by atoms with van der Waals surface area (Å²) in [4.78, 5) is 22.3. The van der Waals surface area contributed by atoms with Gasteiger partial charge in [0.25, 0.3) is 11.6 Å². The first-order valence-corrected chi connectivity index (χ1v) is 9.10. The molecule has 0 aliphatic heterocycles. The van der Waals surface area contributed by atoms with Crippen molar-refractivity contribution in [3.8, 4) is 17.2 Å². The van der Waals surface area contributed by atoms with Crippen LogP contribution < -0.4 is 19.5 Å². The Balaban J connectivity index is 1.95. The van der Waals surface area contributed by atoms with Gasteiger partial charge in [-0.25, -0.2) is 0 Å². The highest BCUT2D eigenvalue weighted by Gasteiger charge is 2.10. The highest BCUT2D eigenvalue weighted by molar-refractivity contribution is 5.92. The van der Waals surface area contributed by atoms with Crippen LogP contribution in [-0.2, 0) is 4.79 Å². The number of ether oxygens (including phenoxy) is 3. The summed E-state index contributed by atoms with van der Waals surface area (Å²) in [5, 5.41) is 13.4. The first kappa shape index (κ1) is 21.0. The number of nitro groups is 1. The zero-order chi connectivity index (χ0) is 20.4. The molecule has 0 fully saturated rings. The van der Waals surface area contributed by atoms with Crippen molar-refractivity contribution in [1.82, 2.24) is 0 Å². The molecular weight excluding hydrogens is 364 g/mol. The van der Waals surface area contributed by atoms with Gasteiger partial charge in [-0.05, 0) is 37.1 Å². The molecule has 0 aliphatic rings. The van der Waals surface area contributed by atoms with E-state index in [0.717, 1.165) is 12.8 Å². The number of hydrogen-bond donors (Lipinski definition) is 1. The first-order valence-electron chi connectivity index (χ1n) is 9.10. The van der Waals surface area contributed by atoms with E-state index in [1.165, 1.54) is 24.3 Å². The fraction of sp³-hybridized carbons (Fsp3) is 0.350. The van der Waals surface area contributed by atoms with E-state index in [1.807, 2.05) is 13.8 Å². The van der Waals surface area contributed by atoms with Crippen LogP contribution in [0.15, 0.2) is 42.5 Å². The fourth-order valence-electron chi connectivity index (χ4n) is 2.25. The molecule has 0 aromatic heterocycles. The quantitative estimate of drug-likeness (QED) is 0.458. The third-order valence-electron chi connectivity index (χ3n) is 3.57. The van der Waals surface area contributed by atoms with Gasteiger partial charge in [-0.15, -0.1) is 0 Å². The van der Waals surface area contributed by atoms with Gasteiger partial charge in [0.1, 0.15) is 5.75 Å². The minimum Gasteiger partial charge on any atom is -0.490 e. The summed E-state index contributed by atoms with van der Waals surface area (Å²) in [5.74, 6) is 1.22. The standard InChI is InChI=1S/C20H24N2O6/c1-3-11-26-18-10-5-15(13-19(18)27-12-4-2)21-20(23)14-28-17-8-6-16(7-9-17)22(24)25/h5-10,13H,3-4,11-12,14H2,1-2H3,(H,21,23). The van der Waals surface area contributed by atoms with Crippen molar-refractivity contribution in [2.75, 3.05) is 25.1 Å². The first-order chi connectivity index (χ1) is 13.5. The molecule has 150 valence electrons. The number of nitrogens with one attached hydrogen (secondary N) is 1. The molecule has 0 atom stereocenters. The van der Waals surface area contributed by atoms with Crippen LogP contribution in [0.25, 0.3) is 0 Å². The van der Waals surface area contributed by atoms with Gasteiger partial charge < -0.3 is 19.5 Å². The lowest BCUT2D eigenvalue weighted by Gasteiger charge is -2.14. The van der Waals surface area contributed by atoms with Crippen molar-refractivity contribution in [2.45, 2.75) is 26.7 Å². The van der Waals surface area contributed by atoms with Gasteiger partial charge in [-0.1, -0.05) is 13.8 Å². The number of non-ortho nitro benzene ring substituents is 1. The number of rotatable bonds is 11. The summed E-state index contributed by atoms with van der Waals surface area (Å²) in [6, 6.07) is 10.7. The Labute approximate surface area is 163 Å². The maximum Gasteiger partial charge on any atom is 0.269 e. The van der Waals surface area contributed by atoms with Crippen molar-refractivity contribution in [3.63, 3.8) is 0 Å². The molecule has 1 N–H and O–H groups in total. The number of carbonyl (C=O) groups is 1. The van der Waals surface area contributed by atoms with Crippen LogP contribution >= 0.6 is 0 Å². The van der Waals surface area contributed by atoms with Gasteiger partial charge >= 0.3 is 0 Å². The Morgan fingerprint density at radius 2 is 1.61 bits per heavy atom. The summed E-state index contributed by atoms with van der Waals surface area (Å²) in [6.07, 6.45) is 1.73. The summed E-state index contributed by atoms with van der Waals surface area (Å²) in [7, 11) is 0. The summed E-state index contributed by atoms with van der Waals surface area (Å²) in [5.41, 5.74) is 0.522. The number of amides is 1. The van der Waals surface area contributed by atoms with Crippen LogP contribution in [0.1, 0.15) is 26.7 Å². The van der Waals surface area contributed by atoms with E-state index in [9.17, 15) is 14.9 Å². The topological polar surface area (TPSA) is 99.9 Å². The molecule has 28 heavy (non-hydrogen) atoms. The third kappa shape index (κ3) is 6.46. The lowest BCUT2D eigenvalue weighted by atomic mass is 10.2. The van der Waals surface area contributed by atoms with Gasteiger partial charge in [0.2, 0.25) is 0 Å². The Bertz CT molecular complexity index is 792. The lowest BCUT2D eigenvalue weighted by molar-refractivity contribution is -0.384. The zero-order valence-corrected chi connectivity index (χ0v) is 16.0. The number of hydrogen-bond acceptors (Lipinski definition) is 6. The molecule has 0 spiro atoms. The van der Waals surface area contributed by atoms with Crippen LogP contribution in [0.3, 0.4) is 0 Å². The van der Waals surface area contributed by atoms with Crippen molar-refractivity contribution in [3.05, 3.63) is 52.6 Å². The molecule has 1 amide bonds. The van der Waals surface area contributed by atoms with Crippen LogP contribution in [0.4, 0.5) is 11.4 Å². The average Bonchev–Trinajstić information content (AvgIpc) is 2.70.